The lowest BCUT2D eigenvalue weighted by atomic mass is 10.2. The van der Waals surface area contributed by atoms with Gasteiger partial charge >= 0.3 is 0 Å². The van der Waals surface area contributed by atoms with Gasteiger partial charge in [0.25, 0.3) is 0 Å². The van der Waals surface area contributed by atoms with E-state index in [4.69, 9.17) is 6.42 Å². The van der Waals surface area contributed by atoms with Crippen LogP contribution in [-0.2, 0) is 0 Å². The smallest absolute Gasteiger partial charge is 0.0763 e. The Balaban J connectivity index is 2.75. The van der Waals surface area contributed by atoms with E-state index in [2.05, 4.69) is 28.3 Å². The van der Waals surface area contributed by atoms with Gasteiger partial charge in [-0.25, -0.2) is 0 Å². The molecule has 0 unspecified atom stereocenters. The summed E-state index contributed by atoms with van der Waals surface area (Å²) in [5, 5.41) is 3.13. The third-order valence-electron chi connectivity index (χ3n) is 1.76. The molecule has 1 aromatic carbocycles. The number of benzene rings is 1. The monoisotopic (exact) mass is 174 g/mol. The van der Waals surface area contributed by atoms with E-state index >= 15 is 0 Å². The molecule has 0 aliphatic heterocycles. The molecule has 0 aliphatic carbocycles. The van der Waals surface area contributed by atoms with E-state index in [1.807, 2.05) is 26.2 Å². The minimum Gasteiger partial charge on any atom is -0.378 e. The minimum absolute atomic E-state index is 0.566. The van der Waals surface area contributed by atoms with Crippen LogP contribution in [0.15, 0.2) is 24.3 Å². The highest BCUT2D eigenvalue weighted by Crippen LogP contribution is 2.16. The van der Waals surface area contributed by atoms with E-state index in [0.717, 1.165) is 5.69 Å². The summed E-state index contributed by atoms with van der Waals surface area (Å²) < 4.78 is 0. The molecule has 0 bridgehead atoms. The molecule has 13 heavy (non-hydrogen) atoms. The number of rotatable bonds is 3. The highest BCUT2D eigenvalue weighted by molar-refractivity contribution is 5.57. The molecule has 0 fully saturated rings. The molecular weight excluding hydrogens is 160 g/mol. The van der Waals surface area contributed by atoms with Crippen molar-refractivity contribution in [2.24, 2.45) is 0 Å². The van der Waals surface area contributed by atoms with Gasteiger partial charge in [0.1, 0.15) is 0 Å². The lowest BCUT2D eigenvalue weighted by Crippen LogP contribution is -2.09. The Hall–Kier alpha value is -1.62. The van der Waals surface area contributed by atoms with Crippen molar-refractivity contribution in [3.63, 3.8) is 0 Å². The molecule has 0 aromatic heterocycles. The Labute approximate surface area is 79.6 Å². The van der Waals surface area contributed by atoms with Crippen LogP contribution in [0.4, 0.5) is 11.4 Å². The molecule has 0 spiro atoms. The summed E-state index contributed by atoms with van der Waals surface area (Å²) in [6.45, 7) is 0.566. The summed E-state index contributed by atoms with van der Waals surface area (Å²) in [4.78, 5) is 2.06. The summed E-state index contributed by atoms with van der Waals surface area (Å²) in [5.41, 5.74) is 2.23. The van der Waals surface area contributed by atoms with Gasteiger partial charge in [0.05, 0.1) is 6.54 Å². The van der Waals surface area contributed by atoms with Crippen molar-refractivity contribution in [3.8, 4) is 12.3 Å². The summed E-state index contributed by atoms with van der Waals surface area (Å²) in [6.07, 6.45) is 5.15. The molecule has 0 atom stereocenters. The van der Waals surface area contributed by atoms with Crippen molar-refractivity contribution in [1.82, 2.24) is 0 Å². The van der Waals surface area contributed by atoms with Gasteiger partial charge in [0, 0.05) is 25.5 Å². The van der Waals surface area contributed by atoms with Gasteiger partial charge in [0.15, 0.2) is 0 Å². The van der Waals surface area contributed by atoms with Crippen LogP contribution in [0.2, 0.25) is 0 Å². The van der Waals surface area contributed by atoms with Crippen molar-refractivity contribution in [1.29, 1.82) is 0 Å². The fraction of sp³-hybridized carbons (Fsp3) is 0.273. The average Bonchev–Trinajstić information content (AvgIpc) is 2.15. The molecule has 2 heteroatoms. The fourth-order valence-electron chi connectivity index (χ4n) is 1.05. The van der Waals surface area contributed by atoms with Gasteiger partial charge in [-0.1, -0.05) is 12.0 Å². The van der Waals surface area contributed by atoms with Crippen LogP contribution in [0.5, 0.6) is 0 Å². The first kappa shape index (κ1) is 9.47. The Bertz CT molecular complexity index is 310. The standard InChI is InChI=1S/C11H14N2/c1-4-8-12-10-6-5-7-11(9-10)13(2)3/h1,5-7,9,12H,8H2,2-3H3. The van der Waals surface area contributed by atoms with Gasteiger partial charge in [-0.05, 0) is 18.2 Å². The zero-order valence-electron chi connectivity index (χ0n) is 8.04. The van der Waals surface area contributed by atoms with Crippen LogP contribution < -0.4 is 10.2 Å². The van der Waals surface area contributed by atoms with Gasteiger partial charge in [-0.3, -0.25) is 0 Å². The lowest BCUT2D eigenvalue weighted by molar-refractivity contribution is 1.13. The topological polar surface area (TPSA) is 15.3 Å². The molecule has 0 amide bonds. The van der Waals surface area contributed by atoms with Gasteiger partial charge in [-0.2, -0.15) is 0 Å². The Morgan fingerprint density at radius 3 is 2.85 bits per heavy atom. The molecule has 0 aliphatic rings. The summed E-state index contributed by atoms with van der Waals surface area (Å²) >= 11 is 0. The summed E-state index contributed by atoms with van der Waals surface area (Å²) in [6, 6.07) is 8.14. The molecule has 68 valence electrons. The molecule has 2 nitrogen and oxygen atoms in total. The molecule has 0 heterocycles. The van der Waals surface area contributed by atoms with E-state index < -0.39 is 0 Å². The molecule has 0 saturated heterocycles. The molecule has 1 rings (SSSR count). The Morgan fingerprint density at radius 2 is 2.23 bits per heavy atom. The van der Waals surface area contributed by atoms with Crippen LogP contribution in [-0.4, -0.2) is 20.6 Å². The minimum atomic E-state index is 0.566. The number of hydrogen-bond donors (Lipinski definition) is 1. The van der Waals surface area contributed by atoms with Gasteiger partial charge in [0.2, 0.25) is 0 Å². The van der Waals surface area contributed by atoms with Crippen molar-refractivity contribution < 1.29 is 0 Å². The highest BCUT2D eigenvalue weighted by Gasteiger charge is 1.95. The van der Waals surface area contributed by atoms with Crippen LogP contribution in [0.25, 0.3) is 0 Å². The first-order chi connectivity index (χ1) is 6.24. The molecule has 1 N–H and O–H groups in total. The van der Waals surface area contributed by atoms with E-state index in [1.54, 1.807) is 0 Å². The molecular formula is C11H14N2. The fourth-order valence-corrected chi connectivity index (χ4v) is 1.05. The number of anilines is 2. The normalized spacial score (nSPS) is 9.00. The molecule has 0 radical (unpaired) electrons. The highest BCUT2D eigenvalue weighted by atomic mass is 15.1. The molecule has 1 aromatic rings. The van der Waals surface area contributed by atoms with Crippen molar-refractivity contribution in [2.75, 3.05) is 30.9 Å². The SMILES string of the molecule is C#CCNc1cccc(N(C)C)c1. The zero-order valence-corrected chi connectivity index (χ0v) is 8.04. The van der Waals surface area contributed by atoms with Crippen molar-refractivity contribution in [3.05, 3.63) is 24.3 Å². The Kier molecular flexibility index (Phi) is 3.22. The van der Waals surface area contributed by atoms with Crippen LogP contribution in [0, 0.1) is 12.3 Å². The quantitative estimate of drug-likeness (QED) is 0.703. The maximum absolute atomic E-state index is 5.15. The van der Waals surface area contributed by atoms with E-state index in [-0.39, 0.29) is 0 Å². The predicted molar refractivity (Wildman–Crippen MR) is 58.1 cm³/mol. The first-order valence-corrected chi connectivity index (χ1v) is 4.19. The molecule has 0 saturated carbocycles. The Morgan fingerprint density at radius 1 is 1.46 bits per heavy atom. The maximum atomic E-state index is 5.15. The van der Waals surface area contributed by atoms with Crippen LogP contribution in [0.1, 0.15) is 0 Å². The number of hydrogen-bond acceptors (Lipinski definition) is 2. The van der Waals surface area contributed by atoms with Crippen LogP contribution in [0.3, 0.4) is 0 Å². The first-order valence-electron chi connectivity index (χ1n) is 4.19. The van der Waals surface area contributed by atoms with E-state index in [1.165, 1.54) is 5.69 Å². The predicted octanol–water partition coefficient (Wildman–Crippen LogP) is 1.80. The van der Waals surface area contributed by atoms with Gasteiger partial charge < -0.3 is 10.2 Å². The summed E-state index contributed by atoms with van der Waals surface area (Å²) in [7, 11) is 4.03. The largest absolute Gasteiger partial charge is 0.378 e. The van der Waals surface area contributed by atoms with Gasteiger partial charge in [-0.15, -0.1) is 6.42 Å². The van der Waals surface area contributed by atoms with Crippen molar-refractivity contribution >= 4 is 11.4 Å². The maximum Gasteiger partial charge on any atom is 0.0763 e. The lowest BCUT2D eigenvalue weighted by Gasteiger charge is -2.13. The number of nitrogens with zero attached hydrogens (tertiary/aromatic N) is 1. The van der Waals surface area contributed by atoms with E-state index in [0.29, 0.717) is 6.54 Å². The van der Waals surface area contributed by atoms with Crippen molar-refractivity contribution in [2.45, 2.75) is 0 Å². The second kappa shape index (κ2) is 4.42. The number of terminal acetylenes is 1. The third kappa shape index (κ3) is 2.72. The second-order valence-electron chi connectivity index (χ2n) is 3.00. The average molecular weight is 174 g/mol. The zero-order chi connectivity index (χ0) is 9.68. The van der Waals surface area contributed by atoms with E-state index in [9.17, 15) is 0 Å². The van der Waals surface area contributed by atoms with Crippen LogP contribution >= 0.6 is 0 Å². The second-order valence-corrected chi connectivity index (χ2v) is 3.00. The number of nitrogens with one attached hydrogen (secondary N) is 1. The third-order valence-corrected chi connectivity index (χ3v) is 1.76. The summed E-state index contributed by atoms with van der Waals surface area (Å²) in [5.74, 6) is 2.54.